The van der Waals surface area contributed by atoms with Gasteiger partial charge in [0.05, 0.1) is 4.70 Å². The average Bonchev–Trinajstić information content (AvgIpc) is 2.89. The molecule has 0 spiro atoms. The van der Waals surface area contributed by atoms with Crippen molar-refractivity contribution in [1.29, 1.82) is 0 Å². The van der Waals surface area contributed by atoms with Gasteiger partial charge < -0.3 is 4.74 Å². The molecule has 23 heavy (non-hydrogen) atoms. The van der Waals surface area contributed by atoms with Gasteiger partial charge in [0.2, 0.25) is 0 Å². The zero-order chi connectivity index (χ0) is 16.4. The summed E-state index contributed by atoms with van der Waals surface area (Å²) in [7, 11) is 0. The highest BCUT2D eigenvalue weighted by Crippen LogP contribution is 2.27. The summed E-state index contributed by atoms with van der Waals surface area (Å²) in [4.78, 5) is 20.7. The molecule has 0 aliphatic rings. The topological polar surface area (TPSA) is 64.1 Å². The van der Waals surface area contributed by atoms with Crippen molar-refractivity contribution < 1.29 is 9.53 Å². The molecule has 3 rings (SSSR count). The first kappa shape index (κ1) is 15.4. The van der Waals surface area contributed by atoms with Crippen molar-refractivity contribution in [3.63, 3.8) is 0 Å². The van der Waals surface area contributed by atoms with Crippen LogP contribution in [-0.2, 0) is 4.79 Å². The van der Waals surface area contributed by atoms with E-state index in [1.807, 2.05) is 51.1 Å². The molecular weight excluding hydrogens is 310 g/mol. The molecule has 2 heterocycles. The number of benzene rings is 1. The highest BCUT2D eigenvalue weighted by Gasteiger charge is 2.11. The van der Waals surface area contributed by atoms with Crippen LogP contribution in [0.25, 0.3) is 10.3 Å². The summed E-state index contributed by atoms with van der Waals surface area (Å²) in [6, 6.07) is 9.58. The fourth-order valence-electron chi connectivity index (χ4n) is 2.22. The van der Waals surface area contributed by atoms with Crippen LogP contribution in [-0.4, -0.2) is 22.5 Å². The molecule has 0 bridgehead atoms. The zero-order valence-electron chi connectivity index (χ0n) is 13.2. The van der Waals surface area contributed by atoms with Crippen LogP contribution in [0, 0.1) is 20.8 Å². The molecule has 0 saturated heterocycles. The standard InChI is InChI=1S/C17H17N3O2S/c1-10-4-6-13(7-5-10)22-9-14(21)19-17-20-16-15(23-17)11(2)8-12(3)18-16/h4-8H,9H2,1-3H3,(H,18,19,20,21). The van der Waals surface area contributed by atoms with Gasteiger partial charge in [0, 0.05) is 5.69 Å². The Morgan fingerprint density at radius 3 is 2.65 bits per heavy atom. The maximum atomic E-state index is 12.0. The minimum absolute atomic E-state index is 0.0512. The molecule has 1 aromatic carbocycles. The van der Waals surface area contributed by atoms with Crippen LogP contribution < -0.4 is 10.1 Å². The quantitative estimate of drug-likeness (QED) is 0.794. The Balaban J connectivity index is 1.65. The molecule has 0 aliphatic heterocycles. The fraction of sp³-hybridized carbons (Fsp3) is 0.235. The molecule has 118 valence electrons. The predicted molar refractivity (Wildman–Crippen MR) is 92.2 cm³/mol. The van der Waals surface area contributed by atoms with Crippen molar-refractivity contribution in [3.05, 3.63) is 47.2 Å². The Kier molecular flexibility index (Phi) is 4.25. The average molecular weight is 327 g/mol. The number of rotatable bonds is 4. The van der Waals surface area contributed by atoms with E-state index in [1.54, 1.807) is 0 Å². The number of carbonyl (C=O) groups is 1. The van der Waals surface area contributed by atoms with Crippen LogP contribution in [0.1, 0.15) is 16.8 Å². The highest BCUT2D eigenvalue weighted by molar-refractivity contribution is 7.22. The monoisotopic (exact) mass is 327 g/mol. The van der Waals surface area contributed by atoms with Gasteiger partial charge in [-0.1, -0.05) is 29.0 Å². The van der Waals surface area contributed by atoms with Crippen LogP contribution in [0.4, 0.5) is 5.13 Å². The minimum Gasteiger partial charge on any atom is -0.484 e. The summed E-state index contributed by atoms with van der Waals surface area (Å²) >= 11 is 1.42. The second kappa shape index (κ2) is 6.34. The van der Waals surface area contributed by atoms with E-state index in [-0.39, 0.29) is 12.5 Å². The summed E-state index contributed by atoms with van der Waals surface area (Å²) in [6.45, 7) is 5.90. The van der Waals surface area contributed by atoms with E-state index in [9.17, 15) is 4.79 Å². The number of thiazole rings is 1. The van der Waals surface area contributed by atoms with Crippen LogP contribution in [0.5, 0.6) is 5.75 Å². The van der Waals surface area contributed by atoms with Crippen LogP contribution in [0.3, 0.4) is 0 Å². The van der Waals surface area contributed by atoms with E-state index in [0.29, 0.717) is 16.5 Å². The van der Waals surface area contributed by atoms with E-state index in [4.69, 9.17) is 4.74 Å². The third kappa shape index (κ3) is 3.65. The first-order valence-electron chi connectivity index (χ1n) is 7.25. The summed E-state index contributed by atoms with van der Waals surface area (Å²) in [5.41, 5.74) is 3.85. The SMILES string of the molecule is Cc1ccc(OCC(=O)Nc2nc3nc(C)cc(C)c3s2)cc1. The summed E-state index contributed by atoms with van der Waals surface area (Å²) in [6.07, 6.45) is 0. The van der Waals surface area contributed by atoms with E-state index in [2.05, 4.69) is 15.3 Å². The zero-order valence-corrected chi connectivity index (χ0v) is 14.0. The second-order valence-electron chi connectivity index (χ2n) is 5.40. The third-order valence-corrected chi connectivity index (χ3v) is 4.41. The molecule has 1 amide bonds. The largest absolute Gasteiger partial charge is 0.484 e. The van der Waals surface area contributed by atoms with Gasteiger partial charge in [0.15, 0.2) is 17.4 Å². The van der Waals surface area contributed by atoms with Crippen molar-refractivity contribution in [1.82, 2.24) is 9.97 Å². The summed E-state index contributed by atoms with van der Waals surface area (Å²) < 4.78 is 6.45. The van der Waals surface area contributed by atoms with E-state index < -0.39 is 0 Å². The number of hydrogen-bond donors (Lipinski definition) is 1. The van der Waals surface area contributed by atoms with Gasteiger partial charge in [-0.15, -0.1) is 0 Å². The highest BCUT2D eigenvalue weighted by atomic mass is 32.1. The summed E-state index contributed by atoms with van der Waals surface area (Å²) in [5, 5.41) is 3.30. The lowest BCUT2D eigenvalue weighted by atomic mass is 10.2. The second-order valence-corrected chi connectivity index (χ2v) is 6.40. The number of amides is 1. The van der Waals surface area contributed by atoms with Crippen LogP contribution in [0.15, 0.2) is 30.3 Å². The van der Waals surface area contributed by atoms with Gasteiger partial charge in [-0.25, -0.2) is 4.98 Å². The molecule has 1 N–H and O–H groups in total. The first-order chi connectivity index (χ1) is 11.0. The number of hydrogen-bond acceptors (Lipinski definition) is 5. The number of aromatic nitrogens is 2. The molecule has 5 nitrogen and oxygen atoms in total. The number of pyridine rings is 1. The number of aryl methyl sites for hydroxylation is 3. The molecule has 0 atom stereocenters. The lowest BCUT2D eigenvalue weighted by molar-refractivity contribution is -0.118. The lowest BCUT2D eigenvalue weighted by Gasteiger charge is -2.05. The number of nitrogens with one attached hydrogen (secondary N) is 1. The van der Waals surface area contributed by atoms with Gasteiger partial charge in [-0.2, -0.15) is 4.98 Å². The minimum atomic E-state index is -0.237. The molecule has 3 aromatic rings. The molecule has 6 heteroatoms. The fourth-order valence-corrected chi connectivity index (χ4v) is 3.11. The van der Waals surface area contributed by atoms with Gasteiger partial charge in [0.1, 0.15) is 5.75 Å². The Labute approximate surface area is 138 Å². The first-order valence-corrected chi connectivity index (χ1v) is 8.07. The number of nitrogens with zero attached hydrogens (tertiary/aromatic N) is 2. The predicted octanol–water partition coefficient (Wildman–Crippen LogP) is 3.63. The van der Waals surface area contributed by atoms with Crippen molar-refractivity contribution in [2.24, 2.45) is 0 Å². The van der Waals surface area contributed by atoms with Crippen LogP contribution >= 0.6 is 11.3 Å². The molecule has 0 unspecified atom stereocenters. The third-order valence-electron chi connectivity index (χ3n) is 3.31. The smallest absolute Gasteiger partial charge is 0.264 e. The Hall–Kier alpha value is -2.47. The number of carbonyl (C=O) groups excluding carboxylic acids is 1. The Morgan fingerprint density at radius 2 is 1.91 bits per heavy atom. The number of anilines is 1. The molecule has 0 radical (unpaired) electrons. The van der Waals surface area contributed by atoms with Crippen molar-refractivity contribution in [2.45, 2.75) is 20.8 Å². The number of fused-ring (bicyclic) bond motifs is 1. The van der Waals surface area contributed by atoms with Crippen molar-refractivity contribution >= 4 is 32.7 Å². The molecule has 0 saturated carbocycles. The van der Waals surface area contributed by atoms with E-state index in [1.165, 1.54) is 11.3 Å². The van der Waals surface area contributed by atoms with Gasteiger partial charge >= 0.3 is 0 Å². The van der Waals surface area contributed by atoms with Crippen LogP contribution in [0.2, 0.25) is 0 Å². The molecule has 0 aliphatic carbocycles. The molecule has 0 fully saturated rings. The summed E-state index contributed by atoms with van der Waals surface area (Å²) in [5.74, 6) is 0.433. The van der Waals surface area contributed by atoms with E-state index in [0.717, 1.165) is 21.5 Å². The van der Waals surface area contributed by atoms with Crippen molar-refractivity contribution in [3.8, 4) is 5.75 Å². The lowest BCUT2D eigenvalue weighted by Crippen LogP contribution is -2.19. The maximum Gasteiger partial charge on any atom is 0.264 e. The van der Waals surface area contributed by atoms with Gasteiger partial charge in [-0.05, 0) is 44.5 Å². The molecule has 2 aromatic heterocycles. The van der Waals surface area contributed by atoms with Gasteiger partial charge in [-0.3, -0.25) is 10.1 Å². The Bertz CT molecular complexity index is 856. The maximum absolute atomic E-state index is 12.0. The number of ether oxygens (including phenoxy) is 1. The molecular formula is C17H17N3O2S. The van der Waals surface area contributed by atoms with Gasteiger partial charge in [0.25, 0.3) is 5.91 Å². The normalized spacial score (nSPS) is 10.7. The van der Waals surface area contributed by atoms with E-state index >= 15 is 0 Å². The van der Waals surface area contributed by atoms with Crippen molar-refractivity contribution in [2.75, 3.05) is 11.9 Å². The Morgan fingerprint density at radius 1 is 1.17 bits per heavy atom.